The molecule has 5 atom stereocenters. The number of hydrogen-bond donors (Lipinski definition) is 0. The first kappa shape index (κ1) is 19.4. The molecule has 0 radical (unpaired) electrons. The Bertz CT molecular complexity index is 543. The highest BCUT2D eigenvalue weighted by Gasteiger charge is 2.39. The van der Waals surface area contributed by atoms with Gasteiger partial charge in [-0.3, -0.25) is 0 Å². The van der Waals surface area contributed by atoms with Crippen molar-refractivity contribution in [2.24, 2.45) is 11.8 Å². The average molecular weight is 442 g/mol. The Morgan fingerprint density at radius 3 is 2.75 bits per heavy atom. The van der Waals surface area contributed by atoms with E-state index in [1.807, 2.05) is 30.3 Å². The molecule has 132 valence electrons. The number of hydrogen-bond acceptors (Lipinski definition) is 3. The van der Waals surface area contributed by atoms with Crippen molar-refractivity contribution in [3.63, 3.8) is 0 Å². The fraction of sp³-hybridized carbons (Fsp3) is 0.550. The largest absolute Gasteiger partial charge is 0.459 e. The van der Waals surface area contributed by atoms with Crippen LogP contribution in [0.25, 0.3) is 6.08 Å². The molecule has 24 heavy (non-hydrogen) atoms. The molecule has 1 fully saturated rings. The highest BCUT2D eigenvalue weighted by molar-refractivity contribution is 14.1. The van der Waals surface area contributed by atoms with Crippen LogP contribution in [0.1, 0.15) is 39.2 Å². The van der Waals surface area contributed by atoms with Crippen molar-refractivity contribution in [3.05, 3.63) is 42.0 Å². The summed E-state index contributed by atoms with van der Waals surface area (Å²) in [6.07, 6.45) is 5.41. The molecule has 1 aromatic carbocycles. The smallest absolute Gasteiger partial charge is 0.331 e. The van der Waals surface area contributed by atoms with E-state index in [1.54, 1.807) is 6.08 Å². The molecule has 0 aliphatic carbocycles. The minimum atomic E-state index is -0.271. The van der Waals surface area contributed by atoms with Crippen molar-refractivity contribution in [1.29, 1.82) is 0 Å². The second kappa shape index (κ2) is 9.56. The molecular weight excluding hydrogens is 415 g/mol. The summed E-state index contributed by atoms with van der Waals surface area (Å²) in [5, 5.41) is 0. The van der Waals surface area contributed by atoms with Gasteiger partial charge in [0.15, 0.2) is 0 Å². The van der Waals surface area contributed by atoms with Crippen molar-refractivity contribution in [2.75, 3.05) is 4.43 Å². The van der Waals surface area contributed by atoms with Gasteiger partial charge in [-0.2, -0.15) is 0 Å². The van der Waals surface area contributed by atoms with E-state index >= 15 is 0 Å². The third-order valence-corrected chi connectivity index (χ3v) is 5.79. The van der Waals surface area contributed by atoms with E-state index in [1.165, 1.54) is 6.08 Å². The molecule has 0 saturated carbocycles. The van der Waals surface area contributed by atoms with Gasteiger partial charge in [-0.15, -0.1) is 0 Å². The molecule has 1 aromatic rings. The number of alkyl halides is 1. The van der Waals surface area contributed by atoms with Gasteiger partial charge in [-0.1, -0.05) is 80.1 Å². The van der Waals surface area contributed by atoms with Gasteiger partial charge in [-0.25, -0.2) is 4.79 Å². The van der Waals surface area contributed by atoms with Gasteiger partial charge in [0.05, 0.1) is 12.2 Å². The number of benzene rings is 1. The molecule has 1 aliphatic heterocycles. The van der Waals surface area contributed by atoms with Crippen LogP contribution in [0.4, 0.5) is 0 Å². The van der Waals surface area contributed by atoms with Crippen molar-refractivity contribution in [2.45, 2.75) is 51.9 Å². The first-order valence-corrected chi connectivity index (χ1v) is 10.2. The second-order valence-electron chi connectivity index (χ2n) is 6.58. The Kier molecular flexibility index (Phi) is 7.75. The van der Waals surface area contributed by atoms with Crippen LogP contribution < -0.4 is 0 Å². The van der Waals surface area contributed by atoms with Crippen LogP contribution in [0.2, 0.25) is 0 Å². The summed E-state index contributed by atoms with van der Waals surface area (Å²) in [4.78, 5) is 12.2. The molecule has 0 N–H and O–H groups in total. The summed E-state index contributed by atoms with van der Waals surface area (Å²) >= 11 is 2.35. The lowest BCUT2D eigenvalue weighted by molar-refractivity contribution is -0.172. The van der Waals surface area contributed by atoms with Crippen molar-refractivity contribution >= 4 is 34.6 Å². The van der Waals surface area contributed by atoms with E-state index in [9.17, 15) is 4.79 Å². The van der Waals surface area contributed by atoms with E-state index in [0.717, 1.165) is 22.8 Å². The Labute approximate surface area is 158 Å². The maximum atomic E-state index is 12.2. The Morgan fingerprint density at radius 1 is 1.42 bits per heavy atom. The zero-order valence-electron chi connectivity index (χ0n) is 14.7. The molecule has 1 heterocycles. The number of ether oxygens (including phenoxy) is 2. The molecule has 2 rings (SSSR count). The van der Waals surface area contributed by atoms with Crippen molar-refractivity contribution in [3.8, 4) is 0 Å². The van der Waals surface area contributed by atoms with Gasteiger partial charge in [0, 0.05) is 22.8 Å². The SMILES string of the molecule is CC[C@H](C)[C@H]1O[C@@H](CI)C[C@H](OC(=O)/C=C/c2ccccc2)[C@@H]1C. The normalized spacial score (nSPS) is 28.7. The minimum Gasteiger partial charge on any atom is -0.459 e. The van der Waals surface area contributed by atoms with Gasteiger partial charge in [0.2, 0.25) is 0 Å². The molecule has 1 aliphatic rings. The zero-order valence-corrected chi connectivity index (χ0v) is 16.8. The van der Waals surface area contributed by atoms with Crippen LogP contribution in [0, 0.1) is 11.8 Å². The first-order valence-electron chi connectivity index (χ1n) is 8.70. The summed E-state index contributed by atoms with van der Waals surface area (Å²) in [6, 6.07) is 9.79. The predicted octanol–water partition coefficient (Wildman–Crippen LogP) is 4.89. The molecule has 3 nitrogen and oxygen atoms in total. The Hall–Kier alpha value is -0.880. The fourth-order valence-corrected chi connectivity index (χ4v) is 3.71. The van der Waals surface area contributed by atoms with E-state index < -0.39 is 0 Å². The molecule has 0 unspecified atom stereocenters. The van der Waals surface area contributed by atoms with Gasteiger partial charge in [-0.05, 0) is 17.6 Å². The Morgan fingerprint density at radius 2 is 2.12 bits per heavy atom. The van der Waals surface area contributed by atoms with Crippen LogP contribution >= 0.6 is 22.6 Å². The van der Waals surface area contributed by atoms with E-state index in [4.69, 9.17) is 9.47 Å². The third kappa shape index (κ3) is 5.31. The lowest BCUT2D eigenvalue weighted by atomic mass is 9.83. The van der Waals surface area contributed by atoms with Gasteiger partial charge in [0.25, 0.3) is 0 Å². The molecule has 0 bridgehead atoms. The molecule has 0 spiro atoms. The van der Waals surface area contributed by atoms with Gasteiger partial charge in [0.1, 0.15) is 6.10 Å². The number of halogens is 1. The summed E-state index contributed by atoms with van der Waals surface area (Å²) in [6.45, 7) is 6.53. The molecule has 1 saturated heterocycles. The van der Waals surface area contributed by atoms with E-state index in [2.05, 4.69) is 43.4 Å². The second-order valence-corrected chi connectivity index (χ2v) is 7.46. The van der Waals surface area contributed by atoms with E-state index in [0.29, 0.717) is 5.92 Å². The lowest BCUT2D eigenvalue weighted by Crippen LogP contribution is -2.47. The average Bonchev–Trinajstić information content (AvgIpc) is 2.61. The minimum absolute atomic E-state index is 0.0783. The monoisotopic (exact) mass is 442 g/mol. The summed E-state index contributed by atoms with van der Waals surface area (Å²) in [7, 11) is 0. The summed E-state index contributed by atoms with van der Waals surface area (Å²) in [5.41, 5.74) is 0.997. The zero-order chi connectivity index (χ0) is 17.5. The highest BCUT2D eigenvalue weighted by atomic mass is 127. The quantitative estimate of drug-likeness (QED) is 0.273. The van der Waals surface area contributed by atoms with Crippen LogP contribution in [-0.4, -0.2) is 28.7 Å². The number of esters is 1. The van der Waals surface area contributed by atoms with Crippen LogP contribution in [0.15, 0.2) is 36.4 Å². The van der Waals surface area contributed by atoms with Crippen molar-refractivity contribution < 1.29 is 14.3 Å². The fourth-order valence-electron chi connectivity index (χ4n) is 3.14. The number of rotatable bonds is 6. The maximum absolute atomic E-state index is 12.2. The highest BCUT2D eigenvalue weighted by Crippen LogP contribution is 2.33. The van der Waals surface area contributed by atoms with Crippen LogP contribution in [-0.2, 0) is 14.3 Å². The summed E-state index contributed by atoms with van der Waals surface area (Å²) in [5.74, 6) is 0.410. The standard InChI is InChI=1S/C20H27IO3/c1-4-14(2)20-15(3)18(12-17(13-21)23-20)24-19(22)11-10-16-8-6-5-7-9-16/h5-11,14-15,17-18,20H,4,12-13H2,1-3H3/b11-10+/t14-,15-,17+,18-,20+/m0/s1. The van der Waals surface area contributed by atoms with E-state index in [-0.39, 0.29) is 30.2 Å². The Balaban J connectivity index is 2.00. The number of carbonyl (C=O) groups excluding carboxylic acids is 1. The van der Waals surface area contributed by atoms with Crippen molar-refractivity contribution in [1.82, 2.24) is 0 Å². The molecule has 0 amide bonds. The maximum Gasteiger partial charge on any atom is 0.331 e. The first-order chi connectivity index (χ1) is 11.5. The summed E-state index contributed by atoms with van der Waals surface area (Å²) < 4.78 is 12.9. The van der Waals surface area contributed by atoms with Gasteiger partial charge < -0.3 is 9.47 Å². The van der Waals surface area contributed by atoms with Crippen LogP contribution in [0.5, 0.6) is 0 Å². The third-order valence-electron chi connectivity index (χ3n) is 4.81. The van der Waals surface area contributed by atoms with Crippen LogP contribution in [0.3, 0.4) is 0 Å². The molecular formula is C20H27IO3. The molecule has 4 heteroatoms. The molecule has 0 aromatic heterocycles. The van der Waals surface area contributed by atoms with Gasteiger partial charge >= 0.3 is 5.97 Å². The predicted molar refractivity (Wildman–Crippen MR) is 106 cm³/mol. The topological polar surface area (TPSA) is 35.5 Å². The lowest BCUT2D eigenvalue weighted by Gasteiger charge is -2.42. The number of carbonyl (C=O) groups is 1.